The minimum absolute atomic E-state index is 0.0535. The molecule has 1 atom stereocenters. The average molecular weight is 393 g/mol. The Morgan fingerprint density at radius 3 is 2.85 bits per heavy atom. The van der Waals surface area contributed by atoms with Gasteiger partial charge < -0.3 is 15.4 Å². The molecule has 6 nitrogen and oxygen atoms in total. The molecule has 0 bridgehead atoms. The van der Waals surface area contributed by atoms with Gasteiger partial charge >= 0.3 is 6.18 Å². The summed E-state index contributed by atoms with van der Waals surface area (Å²) in [7, 11) is 1.62. The molecule has 0 aromatic carbocycles. The summed E-state index contributed by atoms with van der Waals surface area (Å²) in [6, 6.07) is 0. The lowest BCUT2D eigenvalue weighted by atomic mass is 10.2. The topological polar surface area (TPSA) is 61.8 Å². The molecule has 0 aliphatic carbocycles. The molecule has 1 aliphatic heterocycles. The van der Waals surface area contributed by atoms with E-state index in [0.717, 1.165) is 36.4 Å². The van der Waals surface area contributed by atoms with E-state index in [9.17, 15) is 13.2 Å². The minimum atomic E-state index is -4.41. The second-order valence-corrected chi connectivity index (χ2v) is 7.52. The quantitative estimate of drug-likeness (QED) is 0.573. The summed E-state index contributed by atoms with van der Waals surface area (Å²) in [5.41, 5.74) is -0.858. The Bertz CT molecular complexity index is 591. The third-order valence-electron chi connectivity index (χ3n) is 3.82. The Labute approximate surface area is 155 Å². The normalized spacial score (nSPS) is 19.8. The van der Waals surface area contributed by atoms with Crippen molar-refractivity contribution in [2.45, 2.75) is 32.7 Å². The van der Waals surface area contributed by atoms with Gasteiger partial charge in [0.1, 0.15) is 5.01 Å². The number of nitrogens with zero attached hydrogens (tertiary/aromatic N) is 3. The van der Waals surface area contributed by atoms with Crippen molar-refractivity contribution in [1.29, 1.82) is 0 Å². The van der Waals surface area contributed by atoms with E-state index in [4.69, 9.17) is 4.74 Å². The number of thiazole rings is 1. The number of guanidine groups is 1. The first kappa shape index (κ1) is 20.9. The average Bonchev–Trinajstić information content (AvgIpc) is 3.04. The van der Waals surface area contributed by atoms with Gasteiger partial charge in [0.25, 0.3) is 0 Å². The first-order valence-electron chi connectivity index (χ1n) is 8.58. The van der Waals surface area contributed by atoms with Crippen molar-refractivity contribution >= 4 is 17.3 Å². The van der Waals surface area contributed by atoms with Gasteiger partial charge in [0.2, 0.25) is 0 Å². The highest BCUT2D eigenvalue weighted by Gasteiger charge is 2.33. The molecular formula is C16H26F3N5OS. The SMILES string of the molecule is CN=C(NCc1nc(C(F)(F)F)cs1)NCC1CN(CC(C)C)CCO1. The van der Waals surface area contributed by atoms with Crippen LogP contribution in [0.5, 0.6) is 0 Å². The smallest absolute Gasteiger partial charge is 0.374 e. The maximum absolute atomic E-state index is 12.6. The summed E-state index contributed by atoms with van der Waals surface area (Å²) in [4.78, 5) is 10.1. The Balaban J connectivity index is 1.76. The van der Waals surface area contributed by atoms with Crippen LogP contribution in [0.3, 0.4) is 0 Å². The van der Waals surface area contributed by atoms with Crippen LogP contribution in [0.25, 0.3) is 0 Å². The van der Waals surface area contributed by atoms with Crippen LogP contribution < -0.4 is 10.6 Å². The summed E-state index contributed by atoms with van der Waals surface area (Å²) in [5.74, 6) is 1.12. The zero-order chi connectivity index (χ0) is 19.2. The Hall–Kier alpha value is -1.39. The molecule has 1 unspecified atom stereocenters. The number of hydrogen-bond donors (Lipinski definition) is 2. The molecule has 2 rings (SSSR count). The van der Waals surface area contributed by atoms with E-state index in [2.05, 4.69) is 39.4 Å². The molecule has 0 spiro atoms. The van der Waals surface area contributed by atoms with Crippen LogP contribution in [0.15, 0.2) is 10.4 Å². The molecule has 1 fully saturated rings. The standard InChI is InChI=1S/C16H26F3N5OS/c1-11(2)8-24-4-5-25-12(9-24)6-21-15(20-3)22-7-14-23-13(10-26-14)16(17,18)19/h10-12H,4-9H2,1-3H3,(H2,20,21,22). The maximum atomic E-state index is 12.6. The van der Waals surface area contributed by atoms with E-state index >= 15 is 0 Å². The van der Waals surface area contributed by atoms with E-state index in [0.29, 0.717) is 30.0 Å². The van der Waals surface area contributed by atoms with E-state index in [-0.39, 0.29) is 12.6 Å². The molecule has 1 saturated heterocycles. The minimum Gasteiger partial charge on any atom is -0.374 e. The molecule has 0 amide bonds. The van der Waals surface area contributed by atoms with Gasteiger partial charge in [0, 0.05) is 38.6 Å². The van der Waals surface area contributed by atoms with Gasteiger partial charge in [-0.15, -0.1) is 11.3 Å². The van der Waals surface area contributed by atoms with Crippen molar-refractivity contribution in [1.82, 2.24) is 20.5 Å². The van der Waals surface area contributed by atoms with Crippen molar-refractivity contribution in [3.05, 3.63) is 16.1 Å². The summed E-state index contributed by atoms with van der Waals surface area (Å²) in [6.45, 7) is 8.68. The van der Waals surface area contributed by atoms with Gasteiger partial charge in [0.15, 0.2) is 11.7 Å². The highest BCUT2D eigenvalue weighted by Crippen LogP contribution is 2.29. The fraction of sp³-hybridized carbons (Fsp3) is 0.750. The molecular weight excluding hydrogens is 367 g/mol. The van der Waals surface area contributed by atoms with E-state index in [1.165, 1.54) is 0 Å². The Morgan fingerprint density at radius 1 is 1.46 bits per heavy atom. The predicted octanol–water partition coefficient (Wildman–Crippen LogP) is 2.18. The predicted molar refractivity (Wildman–Crippen MR) is 96.3 cm³/mol. The molecule has 1 aliphatic rings. The fourth-order valence-corrected chi connectivity index (χ4v) is 3.44. The first-order chi connectivity index (χ1) is 12.3. The van der Waals surface area contributed by atoms with Crippen molar-refractivity contribution in [3.63, 3.8) is 0 Å². The fourth-order valence-electron chi connectivity index (χ4n) is 2.70. The van der Waals surface area contributed by atoms with Crippen LogP contribution in [0.2, 0.25) is 0 Å². The molecule has 26 heavy (non-hydrogen) atoms. The number of hydrogen-bond acceptors (Lipinski definition) is 5. The lowest BCUT2D eigenvalue weighted by Crippen LogP contribution is -2.50. The van der Waals surface area contributed by atoms with Gasteiger partial charge in [-0.05, 0) is 5.92 Å². The van der Waals surface area contributed by atoms with Crippen molar-refractivity contribution < 1.29 is 17.9 Å². The van der Waals surface area contributed by atoms with Crippen molar-refractivity contribution in [2.75, 3.05) is 39.8 Å². The molecule has 1 aromatic heterocycles. The van der Waals surface area contributed by atoms with Gasteiger partial charge in [-0.1, -0.05) is 13.8 Å². The van der Waals surface area contributed by atoms with E-state index < -0.39 is 11.9 Å². The van der Waals surface area contributed by atoms with E-state index in [1.807, 2.05) is 0 Å². The van der Waals surface area contributed by atoms with Gasteiger partial charge in [-0.2, -0.15) is 13.2 Å². The zero-order valence-corrected chi connectivity index (χ0v) is 16.1. The van der Waals surface area contributed by atoms with Crippen LogP contribution in [-0.4, -0.2) is 61.8 Å². The van der Waals surface area contributed by atoms with Crippen LogP contribution in [-0.2, 0) is 17.5 Å². The summed E-state index contributed by atoms with van der Waals surface area (Å²) >= 11 is 0.973. The second kappa shape index (κ2) is 9.52. The highest BCUT2D eigenvalue weighted by atomic mass is 32.1. The number of rotatable bonds is 6. The lowest BCUT2D eigenvalue weighted by Gasteiger charge is -2.34. The molecule has 2 N–H and O–H groups in total. The number of aliphatic imine (C=N–C) groups is 1. The van der Waals surface area contributed by atoms with Gasteiger partial charge in [0.05, 0.1) is 19.3 Å². The second-order valence-electron chi connectivity index (χ2n) is 6.58. The number of alkyl halides is 3. The van der Waals surface area contributed by atoms with Gasteiger partial charge in [-0.25, -0.2) is 4.98 Å². The molecule has 1 aromatic rings. The first-order valence-corrected chi connectivity index (χ1v) is 9.46. The van der Waals surface area contributed by atoms with E-state index in [1.54, 1.807) is 7.05 Å². The molecule has 148 valence electrons. The van der Waals surface area contributed by atoms with Crippen LogP contribution >= 0.6 is 11.3 Å². The summed E-state index contributed by atoms with van der Waals surface area (Å²) < 4.78 is 43.5. The Kier molecular flexibility index (Phi) is 7.66. The Morgan fingerprint density at radius 2 is 2.23 bits per heavy atom. The van der Waals surface area contributed by atoms with Crippen LogP contribution in [0.1, 0.15) is 24.5 Å². The summed E-state index contributed by atoms with van der Waals surface area (Å²) in [5, 5.41) is 7.52. The molecule has 0 radical (unpaired) electrons. The van der Waals surface area contributed by atoms with Crippen LogP contribution in [0.4, 0.5) is 13.2 Å². The molecule has 0 saturated carbocycles. The summed E-state index contributed by atoms with van der Waals surface area (Å²) in [6.07, 6.45) is -4.35. The van der Waals surface area contributed by atoms with Gasteiger partial charge in [-0.3, -0.25) is 9.89 Å². The molecule has 2 heterocycles. The third kappa shape index (κ3) is 6.73. The van der Waals surface area contributed by atoms with Crippen molar-refractivity contribution in [2.24, 2.45) is 10.9 Å². The number of morpholine rings is 1. The zero-order valence-electron chi connectivity index (χ0n) is 15.3. The monoisotopic (exact) mass is 393 g/mol. The largest absolute Gasteiger partial charge is 0.434 e. The number of ether oxygens (including phenoxy) is 1. The number of halogens is 3. The third-order valence-corrected chi connectivity index (χ3v) is 4.67. The molecule has 10 heteroatoms. The highest BCUT2D eigenvalue weighted by molar-refractivity contribution is 7.09. The number of nitrogens with one attached hydrogen (secondary N) is 2. The number of aromatic nitrogens is 1. The van der Waals surface area contributed by atoms with Crippen LogP contribution in [0, 0.1) is 5.92 Å². The van der Waals surface area contributed by atoms with Crippen molar-refractivity contribution in [3.8, 4) is 0 Å². The maximum Gasteiger partial charge on any atom is 0.434 e. The lowest BCUT2D eigenvalue weighted by molar-refractivity contribution is -0.140.